The molecule has 2 bridgehead atoms. The van der Waals surface area contributed by atoms with E-state index < -0.39 is 9.74 Å². The lowest BCUT2D eigenvalue weighted by Crippen LogP contribution is -2.73. The number of ether oxygens (including phenoxy) is 3. The van der Waals surface area contributed by atoms with Crippen LogP contribution in [0.5, 0.6) is 5.75 Å². The van der Waals surface area contributed by atoms with Gasteiger partial charge in [0.2, 0.25) is 0 Å². The van der Waals surface area contributed by atoms with Crippen molar-refractivity contribution in [2.75, 3.05) is 34.4 Å². The fourth-order valence-corrected chi connectivity index (χ4v) is 8.52. The summed E-state index contributed by atoms with van der Waals surface area (Å²) in [6, 6.07) is 27.4. The Bertz CT molecular complexity index is 1220. The summed E-state index contributed by atoms with van der Waals surface area (Å²) in [6.45, 7) is 0.806. The molecule has 204 valence electrons. The first-order valence-corrected chi connectivity index (χ1v) is 14.4. The topological polar surface area (TPSA) is 68.3 Å². The number of hydrogen-bond donors (Lipinski definition) is 0. The van der Waals surface area contributed by atoms with Crippen LogP contribution in [0.15, 0.2) is 84.9 Å². The highest BCUT2D eigenvalue weighted by Crippen LogP contribution is 2.60. The van der Waals surface area contributed by atoms with Crippen LogP contribution in [0.4, 0.5) is 0 Å². The minimum atomic E-state index is -1.22. The second-order valence-corrected chi connectivity index (χ2v) is 12.7. The third-order valence-corrected chi connectivity index (χ3v) is 10.6. The van der Waals surface area contributed by atoms with E-state index in [0.717, 1.165) is 22.4 Å². The highest BCUT2D eigenvalue weighted by Gasteiger charge is 2.66. The van der Waals surface area contributed by atoms with Crippen molar-refractivity contribution >= 4 is 35.3 Å². The molecule has 3 saturated heterocycles. The Kier molecular flexibility index (Phi) is 8.23. The molecule has 0 radical (unpaired) electrons. The van der Waals surface area contributed by atoms with Gasteiger partial charge in [-0.15, -0.1) is 23.5 Å². The number of fused-ring (bicyclic) bond motifs is 4. The molecule has 0 N–H and O–H groups in total. The van der Waals surface area contributed by atoms with Gasteiger partial charge in [0, 0.05) is 14.1 Å². The smallest absolute Gasteiger partial charge is 0.262 e. The first-order chi connectivity index (χ1) is 18.9. The zero-order valence-corrected chi connectivity index (χ0v) is 23.9. The number of hydrogen-bond acceptors (Lipinski definition) is 7. The Morgan fingerprint density at radius 2 is 1.13 bits per heavy atom. The molecule has 2 amide bonds. The van der Waals surface area contributed by atoms with E-state index in [1.54, 1.807) is 31.0 Å². The SMILES string of the molecule is COc1ccc(C2S[C@@]3(COCc4ccccc4)C(=O)N(C)[C@@](COCc4ccccc4)(S2)C(=O)N3C)cc1. The summed E-state index contributed by atoms with van der Waals surface area (Å²) < 4.78 is 17.4. The van der Waals surface area contributed by atoms with E-state index in [2.05, 4.69) is 0 Å². The van der Waals surface area contributed by atoms with E-state index in [9.17, 15) is 9.59 Å². The van der Waals surface area contributed by atoms with Gasteiger partial charge >= 0.3 is 0 Å². The van der Waals surface area contributed by atoms with E-state index in [4.69, 9.17) is 14.2 Å². The zero-order chi connectivity index (χ0) is 27.5. The Labute approximate surface area is 237 Å². The van der Waals surface area contributed by atoms with Crippen molar-refractivity contribution in [3.8, 4) is 5.75 Å². The molecule has 39 heavy (non-hydrogen) atoms. The molecule has 3 aliphatic heterocycles. The summed E-state index contributed by atoms with van der Waals surface area (Å²) >= 11 is 2.90. The first kappa shape index (κ1) is 27.6. The third-order valence-electron chi connectivity index (χ3n) is 7.17. The molecule has 9 heteroatoms. The van der Waals surface area contributed by atoms with Crippen LogP contribution in [0.2, 0.25) is 0 Å². The molecule has 7 nitrogen and oxygen atoms in total. The van der Waals surface area contributed by atoms with Crippen molar-refractivity contribution in [1.82, 2.24) is 9.80 Å². The Hall–Kier alpha value is -2.98. The summed E-state index contributed by atoms with van der Waals surface area (Å²) in [5.74, 6) is 0.400. The highest BCUT2D eigenvalue weighted by atomic mass is 32.2. The molecule has 0 spiro atoms. The van der Waals surface area contributed by atoms with Gasteiger partial charge in [-0.05, 0) is 28.8 Å². The number of carbonyl (C=O) groups excluding carboxylic acids is 2. The van der Waals surface area contributed by atoms with Gasteiger partial charge in [0.15, 0.2) is 9.74 Å². The van der Waals surface area contributed by atoms with E-state index in [1.165, 1.54) is 23.5 Å². The van der Waals surface area contributed by atoms with Crippen molar-refractivity contribution in [2.24, 2.45) is 0 Å². The van der Waals surface area contributed by atoms with Crippen LogP contribution in [-0.2, 0) is 32.3 Å². The lowest BCUT2D eigenvalue weighted by molar-refractivity contribution is -0.169. The fraction of sp³-hybridized carbons (Fsp3) is 0.333. The van der Waals surface area contributed by atoms with Gasteiger partial charge in [-0.1, -0.05) is 72.8 Å². The molecule has 2 atom stereocenters. The predicted molar refractivity (Wildman–Crippen MR) is 154 cm³/mol. The van der Waals surface area contributed by atoms with Crippen molar-refractivity contribution in [3.63, 3.8) is 0 Å². The number of thioether (sulfide) groups is 2. The summed E-state index contributed by atoms with van der Waals surface area (Å²) in [6.07, 6.45) is 0. The maximum Gasteiger partial charge on any atom is 0.262 e. The zero-order valence-electron chi connectivity index (χ0n) is 22.2. The Morgan fingerprint density at radius 1 is 0.692 bits per heavy atom. The van der Waals surface area contributed by atoms with Gasteiger partial charge in [-0.2, -0.15) is 0 Å². The first-order valence-electron chi connectivity index (χ1n) is 12.7. The van der Waals surface area contributed by atoms with Crippen LogP contribution in [0.1, 0.15) is 21.3 Å². The molecule has 0 aromatic heterocycles. The number of benzene rings is 3. The van der Waals surface area contributed by atoms with Gasteiger partial charge in [0.25, 0.3) is 11.8 Å². The molecule has 3 aliphatic rings. The van der Waals surface area contributed by atoms with E-state index in [0.29, 0.717) is 13.2 Å². The van der Waals surface area contributed by atoms with Gasteiger partial charge < -0.3 is 24.0 Å². The number of methoxy groups -OCH3 is 1. The highest BCUT2D eigenvalue weighted by molar-refractivity contribution is 8.18. The minimum absolute atomic E-state index is 0.0616. The number of carbonyl (C=O) groups is 2. The standard InChI is InChI=1S/C30H32N2O5S2/c1-31-27(33)30(21-37-19-23-12-8-5-9-13-23)32(2)28(34)29(31,20-36-18-22-10-6-4-7-11-22)38-26(39-30)24-14-16-25(35-3)17-15-24/h4-17,26H,18-21H2,1-3H3/t29-,30-/m0/s1. The molecule has 0 saturated carbocycles. The number of amides is 2. The van der Waals surface area contributed by atoms with Gasteiger partial charge in [-0.3, -0.25) is 9.59 Å². The van der Waals surface area contributed by atoms with Crippen LogP contribution in [0, 0.1) is 0 Å². The Morgan fingerprint density at radius 3 is 1.54 bits per heavy atom. The average Bonchev–Trinajstić information content (AvgIpc) is 3.13. The second kappa shape index (κ2) is 11.6. The summed E-state index contributed by atoms with van der Waals surface area (Å²) in [7, 11) is 5.04. The lowest BCUT2D eigenvalue weighted by Gasteiger charge is -2.50. The van der Waals surface area contributed by atoms with Crippen molar-refractivity contribution in [3.05, 3.63) is 102 Å². The molecular formula is C30H32N2O5S2. The maximum absolute atomic E-state index is 14.2. The molecule has 3 heterocycles. The number of likely N-dealkylation sites (N-methyl/N-ethyl adjacent to an activating group) is 2. The van der Waals surface area contributed by atoms with Crippen molar-refractivity contribution in [2.45, 2.75) is 27.5 Å². The van der Waals surface area contributed by atoms with Crippen LogP contribution in [0.3, 0.4) is 0 Å². The van der Waals surface area contributed by atoms with Crippen molar-refractivity contribution < 1.29 is 23.8 Å². The van der Waals surface area contributed by atoms with E-state index in [-0.39, 0.29) is 29.6 Å². The number of nitrogens with zero attached hydrogens (tertiary/aromatic N) is 2. The second-order valence-electron chi connectivity index (χ2n) is 9.59. The van der Waals surface area contributed by atoms with Crippen LogP contribution >= 0.6 is 23.5 Å². The van der Waals surface area contributed by atoms with Gasteiger partial charge in [0.1, 0.15) is 5.75 Å². The van der Waals surface area contributed by atoms with Gasteiger partial charge in [0.05, 0.1) is 38.1 Å². The molecule has 0 aliphatic carbocycles. The molecule has 3 fully saturated rings. The van der Waals surface area contributed by atoms with Gasteiger partial charge in [-0.25, -0.2) is 0 Å². The Balaban J connectivity index is 1.47. The van der Waals surface area contributed by atoms with Crippen molar-refractivity contribution in [1.29, 1.82) is 0 Å². The fourth-order valence-electron chi connectivity index (χ4n) is 4.82. The lowest BCUT2D eigenvalue weighted by atomic mass is 10.1. The monoisotopic (exact) mass is 564 g/mol. The van der Waals surface area contributed by atoms with Crippen LogP contribution < -0.4 is 4.74 Å². The molecular weight excluding hydrogens is 532 g/mol. The molecule has 3 aromatic carbocycles. The number of piperazine rings is 1. The molecule has 6 rings (SSSR count). The quantitative estimate of drug-likeness (QED) is 0.346. The summed E-state index contributed by atoms with van der Waals surface area (Å²) in [4.78, 5) is 29.1. The average molecular weight is 565 g/mol. The largest absolute Gasteiger partial charge is 0.497 e. The third kappa shape index (κ3) is 5.28. The maximum atomic E-state index is 14.2. The number of rotatable bonds is 10. The van der Waals surface area contributed by atoms with Crippen LogP contribution in [0.25, 0.3) is 0 Å². The van der Waals surface area contributed by atoms with E-state index in [1.807, 2.05) is 84.9 Å². The molecule has 0 unspecified atom stereocenters. The normalized spacial score (nSPS) is 24.6. The summed E-state index contributed by atoms with van der Waals surface area (Å²) in [5, 5.41) is 0. The molecule has 3 aromatic rings. The predicted octanol–water partition coefficient (Wildman–Crippen LogP) is 4.93. The minimum Gasteiger partial charge on any atom is -0.497 e. The van der Waals surface area contributed by atoms with Crippen LogP contribution in [-0.4, -0.2) is 65.8 Å². The summed E-state index contributed by atoms with van der Waals surface area (Å²) in [5.41, 5.74) is 2.99. The van der Waals surface area contributed by atoms with E-state index >= 15 is 0 Å².